The van der Waals surface area contributed by atoms with Crippen LogP contribution in [0.4, 0.5) is 0 Å². The van der Waals surface area contributed by atoms with Crippen LogP contribution in [-0.2, 0) is 6.54 Å². The molecule has 1 heterocycles. The van der Waals surface area contributed by atoms with Crippen molar-refractivity contribution in [1.29, 1.82) is 0 Å². The molecule has 2 N–H and O–H groups in total. The lowest BCUT2D eigenvalue weighted by Gasteiger charge is -2.26. The van der Waals surface area contributed by atoms with E-state index < -0.39 is 5.97 Å². The Balaban J connectivity index is 1.86. The third kappa shape index (κ3) is 2.10. The maximum absolute atomic E-state index is 10.5. The lowest BCUT2D eigenvalue weighted by atomic mass is 9.93. The van der Waals surface area contributed by atoms with Gasteiger partial charge in [-0.15, -0.1) is 11.3 Å². The molecule has 0 aromatic carbocycles. The highest BCUT2D eigenvalue weighted by atomic mass is 32.1. The Labute approximate surface area is 86.0 Å². The molecule has 0 saturated heterocycles. The fourth-order valence-corrected chi connectivity index (χ4v) is 2.05. The van der Waals surface area contributed by atoms with Crippen molar-refractivity contribution in [2.24, 2.45) is 0 Å². The van der Waals surface area contributed by atoms with Gasteiger partial charge in [-0.3, -0.25) is 0 Å². The molecule has 0 bridgehead atoms. The Bertz CT molecular complexity index is 333. The van der Waals surface area contributed by atoms with Crippen LogP contribution in [0.3, 0.4) is 0 Å². The number of hydrogen-bond acceptors (Lipinski definition) is 4. The van der Waals surface area contributed by atoms with Gasteiger partial charge < -0.3 is 10.4 Å². The van der Waals surface area contributed by atoms with E-state index in [-0.39, 0.29) is 5.01 Å². The number of carbonyl (C=O) groups is 1. The topological polar surface area (TPSA) is 62.2 Å². The van der Waals surface area contributed by atoms with E-state index in [4.69, 9.17) is 5.11 Å². The molecule has 76 valence electrons. The van der Waals surface area contributed by atoms with E-state index >= 15 is 0 Å². The largest absolute Gasteiger partial charge is 0.476 e. The highest BCUT2D eigenvalue weighted by molar-refractivity contribution is 7.13. The van der Waals surface area contributed by atoms with Gasteiger partial charge in [-0.2, -0.15) is 0 Å². The summed E-state index contributed by atoms with van der Waals surface area (Å²) in [5.74, 6) is -0.940. The zero-order chi connectivity index (χ0) is 9.97. The van der Waals surface area contributed by atoms with E-state index in [2.05, 4.69) is 10.3 Å². The highest BCUT2D eigenvalue weighted by Gasteiger charge is 2.17. The third-order valence-corrected chi connectivity index (χ3v) is 3.39. The number of rotatable bonds is 4. The Morgan fingerprint density at radius 2 is 2.50 bits per heavy atom. The van der Waals surface area contributed by atoms with E-state index in [0.717, 1.165) is 11.4 Å². The maximum atomic E-state index is 10.5. The summed E-state index contributed by atoms with van der Waals surface area (Å²) in [5.41, 5.74) is 0. The summed E-state index contributed by atoms with van der Waals surface area (Å²) >= 11 is 1.24. The molecule has 0 radical (unpaired) electrons. The summed E-state index contributed by atoms with van der Waals surface area (Å²) in [7, 11) is 0. The van der Waals surface area contributed by atoms with Gasteiger partial charge in [0.25, 0.3) is 0 Å². The molecule has 1 aromatic rings. The normalized spacial score (nSPS) is 16.6. The summed E-state index contributed by atoms with van der Waals surface area (Å²) in [4.78, 5) is 15.4. The molecular weight excluding hydrogens is 200 g/mol. The van der Waals surface area contributed by atoms with Gasteiger partial charge in [0.05, 0.1) is 0 Å². The molecule has 5 heteroatoms. The van der Waals surface area contributed by atoms with Crippen LogP contribution in [-0.4, -0.2) is 22.1 Å². The van der Waals surface area contributed by atoms with E-state index in [0.29, 0.717) is 6.04 Å². The summed E-state index contributed by atoms with van der Waals surface area (Å²) in [6.07, 6.45) is 5.43. The van der Waals surface area contributed by atoms with Gasteiger partial charge in [-0.1, -0.05) is 6.42 Å². The number of nitrogens with one attached hydrogen (secondary N) is 1. The Morgan fingerprint density at radius 1 is 1.71 bits per heavy atom. The molecule has 0 spiro atoms. The van der Waals surface area contributed by atoms with Crippen LogP contribution in [0.1, 0.15) is 33.9 Å². The third-order valence-electron chi connectivity index (χ3n) is 2.41. The summed E-state index contributed by atoms with van der Waals surface area (Å²) < 4.78 is 0. The quantitative estimate of drug-likeness (QED) is 0.793. The van der Waals surface area contributed by atoms with E-state index in [1.807, 2.05) is 0 Å². The molecule has 0 amide bonds. The molecule has 2 rings (SSSR count). The maximum Gasteiger partial charge on any atom is 0.365 e. The van der Waals surface area contributed by atoms with E-state index in [1.54, 1.807) is 6.20 Å². The van der Waals surface area contributed by atoms with Crippen molar-refractivity contribution in [1.82, 2.24) is 10.3 Å². The van der Waals surface area contributed by atoms with Crippen LogP contribution >= 0.6 is 11.3 Å². The summed E-state index contributed by atoms with van der Waals surface area (Å²) in [6, 6.07) is 0.630. The minimum atomic E-state index is -0.940. The summed E-state index contributed by atoms with van der Waals surface area (Å²) in [5, 5.41) is 12.2. The minimum Gasteiger partial charge on any atom is -0.476 e. The molecule has 0 unspecified atom stereocenters. The Hall–Kier alpha value is -0.940. The first kappa shape index (κ1) is 9.61. The average Bonchev–Trinajstić information content (AvgIpc) is 2.50. The molecule has 1 aliphatic rings. The number of aromatic nitrogens is 1. The second kappa shape index (κ2) is 4.06. The van der Waals surface area contributed by atoms with Crippen LogP contribution in [0.5, 0.6) is 0 Å². The van der Waals surface area contributed by atoms with Gasteiger partial charge >= 0.3 is 5.97 Å². The molecule has 0 atom stereocenters. The van der Waals surface area contributed by atoms with Crippen LogP contribution in [0, 0.1) is 0 Å². The predicted molar refractivity (Wildman–Crippen MR) is 53.6 cm³/mol. The van der Waals surface area contributed by atoms with Crippen molar-refractivity contribution in [3.8, 4) is 0 Å². The van der Waals surface area contributed by atoms with Gasteiger partial charge in [-0.25, -0.2) is 9.78 Å². The fraction of sp³-hybridized carbons (Fsp3) is 0.556. The van der Waals surface area contributed by atoms with Crippen molar-refractivity contribution < 1.29 is 9.90 Å². The molecule has 1 saturated carbocycles. The lowest BCUT2D eigenvalue weighted by Crippen LogP contribution is -2.34. The monoisotopic (exact) mass is 212 g/mol. The Morgan fingerprint density at radius 3 is 3.00 bits per heavy atom. The lowest BCUT2D eigenvalue weighted by molar-refractivity contribution is 0.0696. The number of carboxylic acids is 1. The number of thiazole rings is 1. The second-order valence-electron chi connectivity index (χ2n) is 3.45. The average molecular weight is 212 g/mol. The van der Waals surface area contributed by atoms with Crippen LogP contribution in [0.2, 0.25) is 0 Å². The van der Waals surface area contributed by atoms with Gasteiger partial charge in [-0.05, 0) is 12.8 Å². The fourth-order valence-electron chi connectivity index (χ4n) is 1.35. The van der Waals surface area contributed by atoms with Crippen LogP contribution < -0.4 is 5.32 Å². The van der Waals surface area contributed by atoms with Crippen molar-refractivity contribution >= 4 is 17.3 Å². The number of hydrogen-bond donors (Lipinski definition) is 2. The number of carboxylic acid groups (broad SMARTS) is 1. The standard InChI is InChI=1S/C9H12N2O2S/c12-9(13)8-11-5-7(14-8)4-10-6-2-1-3-6/h5-6,10H,1-4H2,(H,12,13). The van der Waals surface area contributed by atoms with Crippen LogP contribution in [0.15, 0.2) is 6.20 Å². The second-order valence-corrected chi connectivity index (χ2v) is 4.56. The first-order valence-corrected chi connectivity index (χ1v) is 5.49. The molecule has 1 aromatic heterocycles. The van der Waals surface area contributed by atoms with Crippen molar-refractivity contribution in [3.63, 3.8) is 0 Å². The summed E-state index contributed by atoms with van der Waals surface area (Å²) in [6.45, 7) is 0.746. The first-order chi connectivity index (χ1) is 6.75. The molecule has 1 fully saturated rings. The van der Waals surface area contributed by atoms with E-state index in [9.17, 15) is 4.79 Å². The van der Waals surface area contributed by atoms with Gasteiger partial charge in [0, 0.05) is 23.7 Å². The molecule has 4 nitrogen and oxygen atoms in total. The van der Waals surface area contributed by atoms with Crippen molar-refractivity contribution in [3.05, 3.63) is 16.1 Å². The molecule has 0 aliphatic heterocycles. The number of nitrogens with zero attached hydrogens (tertiary/aromatic N) is 1. The zero-order valence-electron chi connectivity index (χ0n) is 7.69. The highest BCUT2D eigenvalue weighted by Crippen LogP contribution is 2.19. The van der Waals surface area contributed by atoms with E-state index in [1.165, 1.54) is 30.6 Å². The SMILES string of the molecule is O=C(O)c1ncc(CNC2CCC2)s1. The Kier molecular flexibility index (Phi) is 2.79. The van der Waals surface area contributed by atoms with Crippen molar-refractivity contribution in [2.45, 2.75) is 31.8 Å². The first-order valence-electron chi connectivity index (χ1n) is 4.67. The smallest absolute Gasteiger partial charge is 0.365 e. The van der Waals surface area contributed by atoms with Crippen LogP contribution in [0.25, 0.3) is 0 Å². The molecule has 1 aliphatic carbocycles. The molecular formula is C9H12N2O2S. The molecule has 14 heavy (non-hydrogen) atoms. The van der Waals surface area contributed by atoms with Gasteiger partial charge in [0.15, 0.2) is 0 Å². The van der Waals surface area contributed by atoms with Crippen molar-refractivity contribution in [2.75, 3.05) is 0 Å². The zero-order valence-corrected chi connectivity index (χ0v) is 8.51. The number of aromatic carboxylic acids is 1. The van der Waals surface area contributed by atoms with Gasteiger partial charge in [0.1, 0.15) is 0 Å². The minimum absolute atomic E-state index is 0.176. The van der Waals surface area contributed by atoms with Gasteiger partial charge in [0.2, 0.25) is 5.01 Å². The predicted octanol–water partition coefficient (Wildman–Crippen LogP) is 1.48.